The summed E-state index contributed by atoms with van der Waals surface area (Å²) in [6, 6.07) is 9.88. The minimum atomic E-state index is 0.144. The minimum absolute atomic E-state index is 0.144. The lowest BCUT2D eigenvalue weighted by Crippen LogP contribution is -2.48. The number of hydrogen-bond acceptors (Lipinski definition) is 3. The molecule has 98 valence electrons. The van der Waals surface area contributed by atoms with E-state index in [9.17, 15) is 0 Å². The molecule has 1 aromatic rings. The fourth-order valence-corrected chi connectivity index (χ4v) is 2.41. The van der Waals surface area contributed by atoms with Gasteiger partial charge in [0.25, 0.3) is 0 Å². The van der Waals surface area contributed by atoms with Gasteiger partial charge in [-0.1, -0.05) is 30.7 Å². The third-order valence-corrected chi connectivity index (χ3v) is 3.34. The van der Waals surface area contributed by atoms with Crippen LogP contribution >= 0.6 is 0 Å². The monoisotopic (exact) mass is 246 g/mol. The highest BCUT2D eigenvalue weighted by Crippen LogP contribution is 2.17. The molecule has 0 bridgehead atoms. The standard InChI is InChI=1S/C15H22N2O/c1-3-15(17-12-8-5-9-13-17)16(2)18-14-10-6-4-7-11-14/h3-4,6-7,10-11,15H,1,5,8-9,12-13H2,2H3. The lowest BCUT2D eigenvalue weighted by molar-refractivity contribution is -0.109. The highest BCUT2D eigenvalue weighted by molar-refractivity contribution is 5.20. The highest BCUT2D eigenvalue weighted by Gasteiger charge is 2.22. The number of piperidine rings is 1. The number of hydroxylamine groups is 2. The largest absolute Gasteiger partial charge is 0.404 e. The summed E-state index contributed by atoms with van der Waals surface area (Å²) in [6.45, 7) is 6.18. The molecule has 3 nitrogen and oxygen atoms in total. The van der Waals surface area contributed by atoms with Crippen LogP contribution in [-0.4, -0.2) is 36.3 Å². The van der Waals surface area contributed by atoms with Crippen molar-refractivity contribution < 1.29 is 4.84 Å². The number of likely N-dealkylation sites (N-methyl/N-ethyl adjacent to an activating group) is 1. The fourth-order valence-electron chi connectivity index (χ4n) is 2.41. The summed E-state index contributed by atoms with van der Waals surface area (Å²) >= 11 is 0. The van der Waals surface area contributed by atoms with Gasteiger partial charge in [-0.25, -0.2) is 0 Å². The Morgan fingerprint density at radius 3 is 2.50 bits per heavy atom. The van der Waals surface area contributed by atoms with Gasteiger partial charge in [0.2, 0.25) is 0 Å². The van der Waals surface area contributed by atoms with Gasteiger partial charge in [0, 0.05) is 20.1 Å². The van der Waals surface area contributed by atoms with E-state index in [4.69, 9.17) is 4.84 Å². The first kappa shape index (κ1) is 13.1. The number of likely N-dealkylation sites (tertiary alicyclic amines) is 1. The van der Waals surface area contributed by atoms with E-state index in [1.54, 1.807) is 0 Å². The van der Waals surface area contributed by atoms with E-state index >= 15 is 0 Å². The van der Waals surface area contributed by atoms with Crippen molar-refractivity contribution in [3.8, 4) is 5.75 Å². The first-order chi connectivity index (χ1) is 8.81. The smallest absolute Gasteiger partial charge is 0.147 e. The van der Waals surface area contributed by atoms with Crippen LogP contribution < -0.4 is 4.84 Å². The molecule has 1 fully saturated rings. The zero-order chi connectivity index (χ0) is 12.8. The van der Waals surface area contributed by atoms with Crippen molar-refractivity contribution in [2.75, 3.05) is 20.1 Å². The molecule has 1 unspecified atom stereocenters. The van der Waals surface area contributed by atoms with Crippen LogP contribution in [0, 0.1) is 0 Å². The molecule has 0 aliphatic carbocycles. The van der Waals surface area contributed by atoms with Crippen LogP contribution in [0.25, 0.3) is 0 Å². The summed E-state index contributed by atoms with van der Waals surface area (Å²) in [5, 5.41) is 1.88. The predicted octanol–water partition coefficient (Wildman–Crippen LogP) is 2.91. The van der Waals surface area contributed by atoms with Crippen LogP contribution in [0.15, 0.2) is 43.0 Å². The Balaban J connectivity index is 1.96. The van der Waals surface area contributed by atoms with Crippen molar-refractivity contribution in [1.29, 1.82) is 0 Å². The molecule has 0 aromatic heterocycles. The van der Waals surface area contributed by atoms with Crippen LogP contribution in [0.4, 0.5) is 0 Å². The molecular weight excluding hydrogens is 224 g/mol. The highest BCUT2D eigenvalue weighted by atomic mass is 16.7. The third-order valence-electron chi connectivity index (χ3n) is 3.34. The van der Waals surface area contributed by atoms with E-state index in [2.05, 4.69) is 11.5 Å². The summed E-state index contributed by atoms with van der Waals surface area (Å²) in [5.74, 6) is 0.865. The molecule has 3 heteroatoms. The Hall–Kier alpha value is -1.32. The van der Waals surface area contributed by atoms with Crippen LogP contribution in [0.1, 0.15) is 19.3 Å². The first-order valence-corrected chi connectivity index (χ1v) is 6.64. The number of para-hydroxylation sites is 1. The van der Waals surface area contributed by atoms with Gasteiger partial charge in [-0.2, -0.15) is 0 Å². The Morgan fingerprint density at radius 1 is 1.22 bits per heavy atom. The molecule has 18 heavy (non-hydrogen) atoms. The average Bonchev–Trinajstić information content (AvgIpc) is 2.42. The van der Waals surface area contributed by atoms with Gasteiger partial charge in [0.05, 0.1) is 0 Å². The zero-order valence-electron chi connectivity index (χ0n) is 11.1. The maximum absolute atomic E-state index is 5.84. The molecule has 0 amide bonds. The summed E-state index contributed by atoms with van der Waals surface area (Å²) in [4.78, 5) is 8.26. The number of nitrogens with zero attached hydrogens (tertiary/aromatic N) is 2. The van der Waals surface area contributed by atoms with E-state index < -0.39 is 0 Å². The molecule has 1 aliphatic heterocycles. The van der Waals surface area contributed by atoms with Crippen molar-refractivity contribution in [3.05, 3.63) is 43.0 Å². The Labute approximate surface area is 110 Å². The SMILES string of the molecule is C=CC(N1CCCCC1)N(C)Oc1ccccc1. The zero-order valence-corrected chi connectivity index (χ0v) is 11.1. The summed E-state index contributed by atoms with van der Waals surface area (Å²) in [5.41, 5.74) is 0. The van der Waals surface area contributed by atoms with E-state index in [0.29, 0.717) is 0 Å². The van der Waals surface area contributed by atoms with Gasteiger partial charge in [0.15, 0.2) is 0 Å². The quantitative estimate of drug-likeness (QED) is 0.587. The second-order valence-electron chi connectivity index (χ2n) is 4.70. The Bertz CT molecular complexity index is 360. The normalized spacial score (nSPS) is 18.6. The van der Waals surface area contributed by atoms with E-state index in [1.807, 2.05) is 48.5 Å². The lowest BCUT2D eigenvalue weighted by atomic mass is 10.1. The van der Waals surface area contributed by atoms with Crippen molar-refractivity contribution >= 4 is 0 Å². The van der Waals surface area contributed by atoms with E-state index in [1.165, 1.54) is 19.3 Å². The second-order valence-corrected chi connectivity index (χ2v) is 4.70. The van der Waals surface area contributed by atoms with Crippen molar-refractivity contribution in [1.82, 2.24) is 9.96 Å². The maximum atomic E-state index is 5.84. The lowest BCUT2D eigenvalue weighted by Gasteiger charge is -2.37. The molecule has 1 aliphatic rings. The third kappa shape index (κ3) is 3.34. The Morgan fingerprint density at radius 2 is 1.89 bits per heavy atom. The van der Waals surface area contributed by atoms with Crippen molar-refractivity contribution in [3.63, 3.8) is 0 Å². The maximum Gasteiger partial charge on any atom is 0.147 e. The Kier molecular flexibility index (Phi) is 4.79. The summed E-state index contributed by atoms with van der Waals surface area (Å²) in [6.07, 6.45) is 5.97. The van der Waals surface area contributed by atoms with Gasteiger partial charge in [-0.05, 0) is 25.0 Å². The molecule has 1 atom stereocenters. The molecule has 1 saturated heterocycles. The molecular formula is C15H22N2O. The molecule has 0 N–H and O–H groups in total. The van der Waals surface area contributed by atoms with Gasteiger partial charge in [0.1, 0.15) is 11.9 Å². The predicted molar refractivity (Wildman–Crippen MR) is 74.2 cm³/mol. The van der Waals surface area contributed by atoms with E-state index in [-0.39, 0.29) is 6.17 Å². The van der Waals surface area contributed by atoms with Gasteiger partial charge in [-0.15, -0.1) is 11.6 Å². The van der Waals surface area contributed by atoms with Crippen molar-refractivity contribution in [2.24, 2.45) is 0 Å². The molecule has 1 aromatic carbocycles. The number of benzene rings is 1. The minimum Gasteiger partial charge on any atom is -0.404 e. The number of rotatable bonds is 5. The molecule has 2 rings (SSSR count). The first-order valence-electron chi connectivity index (χ1n) is 6.64. The summed E-state index contributed by atoms with van der Waals surface area (Å²) in [7, 11) is 1.97. The van der Waals surface area contributed by atoms with Crippen LogP contribution in [0.2, 0.25) is 0 Å². The van der Waals surface area contributed by atoms with Gasteiger partial charge in [-0.3, -0.25) is 4.90 Å². The van der Waals surface area contributed by atoms with Crippen molar-refractivity contribution in [2.45, 2.75) is 25.4 Å². The van der Waals surface area contributed by atoms with Crippen LogP contribution in [-0.2, 0) is 0 Å². The van der Waals surface area contributed by atoms with Gasteiger partial charge < -0.3 is 4.84 Å². The van der Waals surface area contributed by atoms with E-state index in [0.717, 1.165) is 18.8 Å². The molecule has 0 saturated carbocycles. The second kappa shape index (κ2) is 6.57. The fraction of sp³-hybridized carbons (Fsp3) is 0.467. The summed E-state index contributed by atoms with van der Waals surface area (Å²) < 4.78 is 0. The molecule has 0 radical (unpaired) electrons. The van der Waals surface area contributed by atoms with Gasteiger partial charge >= 0.3 is 0 Å². The number of hydrogen-bond donors (Lipinski definition) is 0. The molecule has 0 spiro atoms. The molecule has 1 heterocycles. The topological polar surface area (TPSA) is 15.7 Å². The average molecular weight is 246 g/mol. The van der Waals surface area contributed by atoms with Crippen LogP contribution in [0.5, 0.6) is 5.75 Å². The van der Waals surface area contributed by atoms with Crippen LogP contribution in [0.3, 0.4) is 0 Å².